The molecule has 0 nitrogen and oxygen atoms in total. The summed E-state index contributed by atoms with van der Waals surface area (Å²) in [6.45, 7) is 6.98. The van der Waals surface area contributed by atoms with E-state index in [0.29, 0.717) is 0 Å². The highest BCUT2D eigenvalue weighted by molar-refractivity contribution is 5.24. The molecule has 0 heteroatoms. The van der Waals surface area contributed by atoms with Gasteiger partial charge < -0.3 is 0 Å². The molecular weight excluding hydrogens is 192 g/mol. The number of hydrogen-bond acceptors (Lipinski definition) is 0. The Morgan fingerprint density at radius 3 is 2.44 bits per heavy atom. The summed E-state index contributed by atoms with van der Waals surface area (Å²) < 4.78 is 0. The van der Waals surface area contributed by atoms with Crippen LogP contribution in [0.2, 0.25) is 0 Å². The van der Waals surface area contributed by atoms with Crippen molar-refractivity contribution in [3.63, 3.8) is 0 Å². The van der Waals surface area contributed by atoms with Crippen molar-refractivity contribution in [2.45, 2.75) is 52.4 Å². The molecule has 0 spiro atoms. The van der Waals surface area contributed by atoms with Crippen LogP contribution in [0.5, 0.6) is 0 Å². The second-order valence-corrected chi connectivity index (χ2v) is 5.73. The third-order valence-electron chi connectivity index (χ3n) is 4.29. The molecule has 3 atom stereocenters. The number of hydrogen-bond donors (Lipinski definition) is 0. The Bertz CT molecular complexity index is 322. The van der Waals surface area contributed by atoms with Crippen LogP contribution in [0.3, 0.4) is 0 Å². The average molecular weight is 216 g/mol. The second-order valence-electron chi connectivity index (χ2n) is 5.73. The number of aryl methyl sites for hydroxylation is 1. The van der Waals surface area contributed by atoms with Gasteiger partial charge in [-0.2, -0.15) is 0 Å². The van der Waals surface area contributed by atoms with E-state index in [0.717, 1.165) is 17.8 Å². The molecule has 3 unspecified atom stereocenters. The van der Waals surface area contributed by atoms with Crippen molar-refractivity contribution in [2.24, 2.45) is 11.8 Å². The van der Waals surface area contributed by atoms with Crippen molar-refractivity contribution in [2.75, 3.05) is 0 Å². The molecule has 1 fully saturated rings. The molecule has 2 rings (SSSR count). The molecule has 0 N–H and O–H groups in total. The molecule has 1 saturated carbocycles. The first-order valence-corrected chi connectivity index (χ1v) is 6.73. The maximum absolute atomic E-state index is 2.41. The summed E-state index contributed by atoms with van der Waals surface area (Å²) in [5.41, 5.74) is 2.90. The highest BCUT2D eigenvalue weighted by Gasteiger charge is 2.24. The van der Waals surface area contributed by atoms with Gasteiger partial charge >= 0.3 is 0 Å². The summed E-state index contributed by atoms with van der Waals surface area (Å²) in [7, 11) is 0. The average Bonchev–Trinajstić information content (AvgIpc) is 2.29. The molecule has 1 aliphatic rings. The van der Waals surface area contributed by atoms with E-state index in [9.17, 15) is 0 Å². The predicted molar refractivity (Wildman–Crippen MR) is 70.7 cm³/mol. The fourth-order valence-electron chi connectivity index (χ4n) is 3.08. The van der Waals surface area contributed by atoms with Gasteiger partial charge in [0.15, 0.2) is 0 Å². The summed E-state index contributed by atoms with van der Waals surface area (Å²) >= 11 is 0. The van der Waals surface area contributed by atoms with E-state index in [1.807, 2.05) is 0 Å². The number of rotatable bonds is 2. The smallest absolute Gasteiger partial charge is 0.0162 e. The van der Waals surface area contributed by atoms with E-state index >= 15 is 0 Å². The summed E-state index contributed by atoms with van der Waals surface area (Å²) in [5, 5.41) is 0. The van der Waals surface area contributed by atoms with Crippen molar-refractivity contribution in [3.05, 3.63) is 35.4 Å². The zero-order chi connectivity index (χ0) is 11.5. The van der Waals surface area contributed by atoms with E-state index in [4.69, 9.17) is 0 Å². The Morgan fingerprint density at radius 1 is 1.12 bits per heavy atom. The van der Waals surface area contributed by atoms with Gasteiger partial charge in [0.1, 0.15) is 0 Å². The first-order chi connectivity index (χ1) is 7.66. The van der Waals surface area contributed by atoms with Crippen LogP contribution in [-0.4, -0.2) is 0 Å². The molecule has 0 radical (unpaired) electrons. The van der Waals surface area contributed by atoms with Crippen LogP contribution in [0.1, 0.15) is 56.6 Å². The normalized spacial score (nSPS) is 27.7. The van der Waals surface area contributed by atoms with Crippen molar-refractivity contribution in [1.82, 2.24) is 0 Å². The van der Waals surface area contributed by atoms with Crippen LogP contribution in [0, 0.1) is 18.8 Å². The molecule has 0 aliphatic heterocycles. The Balaban J connectivity index is 2.06. The zero-order valence-corrected chi connectivity index (χ0v) is 10.9. The Labute approximate surface area is 100 Å². The molecule has 0 amide bonds. The highest BCUT2D eigenvalue weighted by Crippen LogP contribution is 2.38. The Hall–Kier alpha value is -0.780. The molecular formula is C16H24. The second kappa shape index (κ2) is 5.03. The van der Waals surface area contributed by atoms with Crippen molar-refractivity contribution in [3.8, 4) is 0 Å². The largest absolute Gasteiger partial charge is 0.0625 e. The first-order valence-electron chi connectivity index (χ1n) is 6.73. The fraction of sp³-hybridized carbons (Fsp3) is 0.625. The van der Waals surface area contributed by atoms with Crippen LogP contribution in [0.25, 0.3) is 0 Å². The van der Waals surface area contributed by atoms with Gasteiger partial charge in [0.05, 0.1) is 0 Å². The lowest BCUT2D eigenvalue weighted by Crippen LogP contribution is -2.18. The monoisotopic (exact) mass is 216 g/mol. The minimum Gasteiger partial charge on any atom is -0.0625 e. The van der Waals surface area contributed by atoms with Crippen molar-refractivity contribution in [1.29, 1.82) is 0 Å². The minimum atomic E-state index is 0.739. The van der Waals surface area contributed by atoms with E-state index < -0.39 is 0 Å². The molecule has 88 valence electrons. The standard InChI is InChI=1S/C16H24/c1-12-7-9-15(10-8-12)14(3)16-6-4-5-13(2)11-16/h7-10,13-14,16H,4-6,11H2,1-3H3. The third-order valence-corrected chi connectivity index (χ3v) is 4.29. The summed E-state index contributed by atoms with van der Waals surface area (Å²) in [4.78, 5) is 0. The predicted octanol–water partition coefficient (Wildman–Crippen LogP) is 4.92. The van der Waals surface area contributed by atoms with Crippen molar-refractivity contribution < 1.29 is 0 Å². The molecule has 0 saturated heterocycles. The Morgan fingerprint density at radius 2 is 1.81 bits per heavy atom. The molecule has 16 heavy (non-hydrogen) atoms. The van der Waals surface area contributed by atoms with Gasteiger partial charge in [0.2, 0.25) is 0 Å². The molecule has 0 aromatic heterocycles. The lowest BCUT2D eigenvalue weighted by Gasteiger charge is -2.31. The van der Waals surface area contributed by atoms with Crippen LogP contribution in [-0.2, 0) is 0 Å². The molecule has 1 aromatic carbocycles. The lowest BCUT2D eigenvalue weighted by molar-refractivity contribution is 0.253. The maximum Gasteiger partial charge on any atom is -0.0162 e. The highest BCUT2D eigenvalue weighted by atomic mass is 14.3. The van der Waals surface area contributed by atoms with Crippen LogP contribution in [0.4, 0.5) is 0 Å². The van der Waals surface area contributed by atoms with Gasteiger partial charge in [-0.3, -0.25) is 0 Å². The SMILES string of the molecule is Cc1ccc(C(C)C2CCCC(C)C2)cc1. The van der Waals surface area contributed by atoms with Gasteiger partial charge in [0, 0.05) is 0 Å². The quantitative estimate of drug-likeness (QED) is 0.658. The molecule has 0 heterocycles. The van der Waals surface area contributed by atoms with E-state index in [1.165, 1.54) is 36.8 Å². The first kappa shape index (κ1) is 11.7. The van der Waals surface area contributed by atoms with E-state index in [1.54, 1.807) is 0 Å². The van der Waals surface area contributed by atoms with Gasteiger partial charge in [-0.1, -0.05) is 56.5 Å². The van der Waals surface area contributed by atoms with E-state index in [2.05, 4.69) is 45.0 Å². The van der Waals surface area contributed by atoms with E-state index in [-0.39, 0.29) is 0 Å². The Kier molecular flexibility index (Phi) is 3.68. The van der Waals surface area contributed by atoms with Crippen LogP contribution >= 0.6 is 0 Å². The third kappa shape index (κ3) is 2.66. The van der Waals surface area contributed by atoms with Crippen molar-refractivity contribution >= 4 is 0 Å². The maximum atomic E-state index is 2.41. The fourth-order valence-corrected chi connectivity index (χ4v) is 3.08. The summed E-state index contributed by atoms with van der Waals surface area (Å²) in [6.07, 6.45) is 5.73. The summed E-state index contributed by atoms with van der Waals surface area (Å²) in [6, 6.07) is 9.13. The summed E-state index contributed by atoms with van der Waals surface area (Å²) in [5.74, 6) is 2.58. The number of benzene rings is 1. The van der Waals surface area contributed by atoms with Gasteiger partial charge in [-0.05, 0) is 43.1 Å². The molecule has 1 aliphatic carbocycles. The van der Waals surface area contributed by atoms with Crippen LogP contribution in [0.15, 0.2) is 24.3 Å². The lowest BCUT2D eigenvalue weighted by atomic mass is 9.74. The molecule has 1 aromatic rings. The van der Waals surface area contributed by atoms with Gasteiger partial charge in [-0.25, -0.2) is 0 Å². The van der Waals surface area contributed by atoms with Gasteiger partial charge in [0.25, 0.3) is 0 Å². The van der Waals surface area contributed by atoms with Crippen LogP contribution < -0.4 is 0 Å². The zero-order valence-electron chi connectivity index (χ0n) is 10.9. The topological polar surface area (TPSA) is 0 Å². The molecule has 0 bridgehead atoms. The minimum absolute atomic E-state index is 0.739. The van der Waals surface area contributed by atoms with Gasteiger partial charge in [-0.15, -0.1) is 0 Å².